The molecule has 0 bridgehead atoms. The molecule has 0 aliphatic carbocycles. The fourth-order valence-electron chi connectivity index (χ4n) is 4.30. The van der Waals surface area contributed by atoms with Gasteiger partial charge in [-0.2, -0.15) is 0 Å². The summed E-state index contributed by atoms with van der Waals surface area (Å²) < 4.78 is 2.92. The van der Waals surface area contributed by atoms with Crippen LogP contribution in [0.15, 0.2) is 71.8 Å². The van der Waals surface area contributed by atoms with Gasteiger partial charge in [0.2, 0.25) is 0 Å². The third kappa shape index (κ3) is 4.66. The smallest absolute Gasteiger partial charge is 0.337 e. The molecule has 0 aliphatic rings. The average Bonchev–Trinajstić information content (AvgIpc) is 3.54. The number of benzene rings is 2. The van der Waals surface area contributed by atoms with Gasteiger partial charge in [0.05, 0.1) is 28.5 Å². The van der Waals surface area contributed by atoms with Crippen LogP contribution in [0, 0.1) is 0 Å². The van der Waals surface area contributed by atoms with Gasteiger partial charge in [0.15, 0.2) is 5.82 Å². The van der Waals surface area contributed by atoms with Crippen LogP contribution < -0.4 is 5.69 Å². The topological polar surface area (TPSA) is 132 Å². The van der Waals surface area contributed by atoms with Crippen molar-refractivity contribution in [2.45, 2.75) is 26.3 Å². The monoisotopic (exact) mass is 515 g/mol. The fourth-order valence-corrected chi connectivity index (χ4v) is 4.56. The Labute approximate surface area is 216 Å². The van der Waals surface area contributed by atoms with Crippen molar-refractivity contribution in [3.63, 3.8) is 0 Å². The number of aromatic nitrogens is 7. The summed E-state index contributed by atoms with van der Waals surface area (Å²) in [6, 6.07) is 16.1. The number of carboxylic acids is 1. The van der Waals surface area contributed by atoms with E-state index in [1.54, 1.807) is 29.1 Å². The first kappa shape index (κ1) is 24.1. The van der Waals surface area contributed by atoms with Crippen molar-refractivity contribution < 1.29 is 9.90 Å². The predicted molar refractivity (Wildman–Crippen MR) is 138 cm³/mol. The SMILES string of the molecule is CCCc1cn(-c2c(Cl)cccc2C(=O)O)c(=O)n1Cc1ccc(-c2ccccc2-c2nnn[nH]2)cn1. The number of aryl methyl sites for hydroxylation is 1. The van der Waals surface area contributed by atoms with Crippen LogP contribution in [0.5, 0.6) is 0 Å². The highest BCUT2D eigenvalue weighted by Gasteiger charge is 2.20. The average molecular weight is 516 g/mol. The van der Waals surface area contributed by atoms with Crippen molar-refractivity contribution in [2.24, 2.45) is 0 Å². The lowest BCUT2D eigenvalue weighted by atomic mass is 10.0. The summed E-state index contributed by atoms with van der Waals surface area (Å²) >= 11 is 6.35. The van der Waals surface area contributed by atoms with Crippen LogP contribution in [0.2, 0.25) is 5.02 Å². The lowest BCUT2D eigenvalue weighted by molar-refractivity contribution is 0.0697. The van der Waals surface area contributed by atoms with Crippen molar-refractivity contribution in [1.29, 1.82) is 0 Å². The Morgan fingerprint density at radius 3 is 2.57 bits per heavy atom. The molecule has 11 heteroatoms. The number of aromatic amines is 1. The normalized spacial score (nSPS) is 11.1. The molecule has 0 fully saturated rings. The van der Waals surface area contributed by atoms with E-state index in [2.05, 4.69) is 25.6 Å². The number of hydrogen-bond acceptors (Lipinski definition) is 6. The Kier molecular flexibility index (Phi) is 6.65. The van der Waals surface area contributed by atoms with Crippen LogP contribution in [0.4, 0.5) is 0 Å². The van der Waals surface area contributed by atoms with E-state index in [-0.39, 0.29) is 28.5 Å². The van der Waals surface area contributed by atoms with Gasteiger partial charge >= 0.3 is 11.7 Å². The molecule has 0 unspecified atom stereocenters. The summed E-state index contributed by atoms with van der Waals surface area (Å²) in [6.45, 7) is 2.24. The zero-order valence-corrected chi connectivity index (χ0v) is 20.6. The Morgan fingerprint density at radius 2 is 1.89 bits per heavy atom. The van der Waals surface area contributed by atoms with Crippen LogP contribution in [0.3, 0.4) is 0 Å². The first-order valence-electron chi connectivity index (χ1n) is 11.6. The number of halogens is 1. The maximum atomic E-state index is 13.5. The molecule has 10 nitrogen and oxygen atoms in total. The van der Waals surface area contributed by atoms with Gasteiger partial charge in [-0.25, -0.2) is 14.7 Å². The van der Waals surface area contributed by atoms with E-state index in [0.29, 0.717) is 17.9 Å². The van der Waals surface area contributed by atoms with E-state index in [0.717, 1.165) is 28.8 Å². The number of H-pyrrole nitrogens is 1. The summed E-state index contributed by atoms with van der Waals surface area (Å²) in [6.07, 6.45) is 4.84. The molecule has 37 heavy (non-hydrogen) atoms. The fraction of sp³-hybridized carbons (Fsp3) is 0.154. The largest absolute Gasteiger partial charge is 0.478 e. The number of nitrogens with one attached hydrogen (secondary N) is 1. The number of carbonyl (C=O) groups is 1. The Balaban J connectivity index is 1.51. The number of pyridine rings is 1. The maximum Gasteiger partial charge on any atom is 0.337 e. The number of aromatic carboxylic acids is 1. The van der Waals surface area contributed by atoms with E-state index in [4.69, 9.17) is 11.6 Å². The Bertz CT molecular complexity index is 1620. The third-order valence-corrected chi connectivity index (χ3v) is 6.31. The van der Waals surface area contributed by atoms with E-state index in [1.807, 2.05) is 43.3 Å². The van der Waals surface area contributed by atoms with Crippen molar-refractivity contribution in [3.05, 3.63) is 99.4 Å². The minimum absolute atomic E-state index is 0.0436. The number of rotatable bonds is 8. The summed E-state index contributed by atoms with van der Waals surface area (Å²) in [5.74, 6) is -0.607. The summed E-state index contributed by atoms with van der Waals surface area (Å²) in [4.78, 5) is 29.9. The second-order valence-corrected chi connectivity index (χ2v) is 8.79. The van der Waals surface area contributed by atoms with Crippen LogP contribution >= 0.6 is 11.6 Å². The molecule has 0 aliphatic heterocycles. The standard InChI is InChI=1S/C26H22ClN7O3/c1-2-6-18-15-34(23-21(25(35)36)9-5-10-22(23)27)26(37)33(18)14-17-12-11-16(13-28-17)19-7-3-4-8-20(19)24-29-31-32-30-24/h3-5,7-13,15H,2,6,14H2,1H3,(H,35,36)(H,29,30,31,32). The van der Waals surface area contributed by atoms with E-state index in [9.17, 15) is 14.7 Å². The molecule has 3 heterocycles. The number of tetrazole rings is 1. The molecular formula is C26H22ClN7O3. The number of para-hydroxylation sites is 1. The van der Waals surface area contributed by atoms with Crippen LogP contribution in [-0.2, 0) is 13.0 Å². The second-order valence-electron chi connectivity index (χ2n) is 8.38. The molecule has 0 spiro atoms. The van der Waals surface area contributed by atoms with Crippen molar-refractivity contribution >= 4 is 17.6 Å². The van der Waals surface area contributed by atoms with Gasteiger partial charge in [-0.3, -0.25) is 14.1 Å². The van der Waals surface area contributed by atoms with E-state index in [1.165, 1.54) is 10.6 Å². The first-order chi connectivity index (χ1) is 18.0. The molecule has 0 radical (unpaired) electrons. The zero-order valence-electron chi connectivity index (χ0n) is 19.8. The number of hydrogen-bond donors (Lipinski definition) is 2. The lowest BCUT2D eigenvalue weighted by Gasteiger charge is -2.10. The van der Waals surface area contributed by atoms with Crippen LogP contribution in [-0.4, -0.2) is 45.8 Å². The highest BCUT2D eigenvalue weighted by molar-refractivity contribution is 6.33. The number of imidazole rings is 1. The third-order valence-electron chi connectivity index (χ3n) is 6.01. The van der Waals surface area contributed by atoms with Gasteiger partial charge in [-0.15, -0.1) is 5.10 Å². The van der Waals surface area contributed by atoms with Crippen molar-refractivity contribution in [3.8, 4) is 28.2 Å². The molecular weight excluding hydrogens is 494 g/mol. The minimum Gasteiger partial charge on any atom is -0.478 e. The molecule has 0 atom stereocenters. The molecule has 0 amide bonds. The van der Waals surface area contributed by atoms with Gasteiger partial charge in [0.1, 0.15) is 0 Å². The lowest BCUT2D eigenvalue weighted by Crippen LogP contribution is -2.26. The molecule has 0 saturated heterocycles. The Hall–Kier alpha value is -4.57. The van der Waals surface area contributed by atoms with Gasteiger partial charge in [0, 0.05) is 29.2 Å². The van der Waals surface area contributed by atoms with Gasteiger partial charge in [-0.1, -0.05) is 61.3 Å². The molecule has 5 rings (SSSR count). The zero-order chi connectivity index (χ0) is 25.9. The van der Waals surface area contributed by atoms with Crippen molar-refractivity contribution in [1.82, 2.24) is 34.7 Å². The molecule has 0 saturated carbocycles. The highest BCUT2D eigenvalue weighted by atomic mass is 35.5. The summed E-state index contributed by atoms with van der Waals surface area (Å²) in [5, 5.41) is 23.9. The molecule has 2 aromatic carbocycles. The van der Waals surface area contributed by atoms with E-state index >= 15 is 0 Å². The summed E-state index contributed by atoms with van der Waals surface area (Å²) in [7, 11) is 0. The molecule has 3 aromatic heterocycles. The Morgan fingerprint density at radius 1 is 1.08 bits per heavy atom. The molecule has 2 N–H and O–H groups in total. The number of carboxylic acid groups (broad SMARTS) is 1. The molecule has 5 aromatic rings. The van der Waals surface area contributed by atoms with Crippen LogP contribution in [0.1, 0.15) is 35.1 Å². The molecule has 186 valence electrons. The summed E-state index contributed by atoms with van der Waals surface area (Å²) in [5.41, 5.74) is 3.79. The number of nitrogens with zero attached hydrogens (tertiary/aromatic N) is 6. The first-order valence-corrected chi connectivity index (χ1v) is 12.0. The quantitative estimate of drug-likeness (QED) is 0.316. The minimum atomic E-state index is -1.16. The predicted octanol–water partition coefficient (Wildman–Crippen LogP) is 4.23. The van der Waals surface area contributed by atoms with Crippen LogP contribution in [0.25, 0.3) is 28.2 Å². The highest BCUT2D eigenvalue weighted by Crippen LogP contribution is 2.29. The second kappa shape index (κ2) is 10.2. The van der Waals surface area contributed by atoms with Crippen molar-refractivity contribution in [2.75, 3.05) is 0 Å². The van der Waals surface area contributed by atoms with Gasteiger partial charge in [0.25, 0.3) is 0 Å². The maximum absolute atomic E-state index is 13.5. The van der Waals surface area contributed by atoms with Gasteiger partial charge < -0.3 is 5.11 Å². The van der Waals surface area contributed by atoms with E-state index < -0.39 is 5.97 Å². The van der Waals surface area contributed by atoms with Gasteiger partial charge in [-0.05, 0) is 40.6 Å².